The maximum Gasteiger partial charge on any atom is 0.222 e. The number of aromatic nitrogens is 5. The van der Waals surface area contributed by atoms with Crippen molar-refractivity contribution in [3.63, 3.8) is 0 Å². The number of fused-ring (bicyclic) bond motifs is 1. The van der Waals surface area contributed by atoms with Crippen LogP contribution in [-0.2, 0) is 11.3 Å². The van der Waals surface area contributed by atoms with Gasteiger partial charge < -0.3 is 20.1 Å². The monoisotopic (exact) mass is 559 g/mol. The number of carbonyl (C=O) groups is 1. The zero-order valence-corrected chi connectivity index (χ0v) is 22.8. The number of carbonyl (C=O) groups excluding carboxylic acids is 1. The van der Waals surface area contributed by atoms with E-state index < -0.39 is 11.6 Å². The molecule has 5 rings (SSSR count). The normalized spacial score (nSPS) is 11.0. The molecule has 0 aliphatic heterocycles. The van der Waals surface area contributed by atoms with E-state index in [1.807, 2.05) is 31.2 Å². The number of rotatable bonds is 9. The number of para-hydroxylation sites is 1. The predicted molar refractivity (Wildman–Crippen MR) is 151 cm³/mol. The van der Waals surface area contributed by atoms with E-state index in [0.717, 1.165) is 17.7 Å². The number of amides is 1. The van der Waals surface area contributed by atoms with Crippen LogP contribution in [0.3, 0.4) is 0 Å². The van der Waals surface area contributed by atoms with Crippen LogP contribution in [0.25, 0.3) is 22.4 Å². The molecule has 12 heteroatoms. The third kappa shape index (κ3) is 5.76. The summed E-state index contributed by atoms with van der Waals surface area (Å²) in [6.07, 6.45) is 3.13. The Hall–Kier alpha value is -5.13. The molecule has 0 fully saturated rings. The first-order valence-corrected chi connectivity index (χ1v) is 12.8. The summed E-state index contributed by atoms with van der Waals surface area (Å²) in [7, 11) is 1.50. The van der Waals surface area contributed by atoms with Crippen molar-refractivity contribution in [3.8, 4) is 23.0 Å². The fourth-order valence-corrected chi connectivity index (χ4v) is 4.30. The highest BCUT2D eigenvalue weighted by Crippen LogP contribution is 2.32. The van der Waals surface area contributed by atoms with Crippen molar-refractivity contribution in [2.24, 2.45) is 0 Å². The van der Waals surface area contributed by atoms with Crippen LogP contribution < -0.4 is 20.1 Å². The predicted octanol–water partition coefficient (Wildman–Crippen LogP) is 5.63. The molecule has 3 aromatic heterocycles. The number of nitrogens with zero attached hydrogens (tertiary/aromatic N) is 5. The van der Waals surface area contributed by atoms with E-state index in [4.69, 9.17) is 9.47 Å². The molecule has 0 saturated heterocycles. The van der Waals surface area contributed by atoms with Gasteiger partial charge in [0.1, 0.15) is 28.9 Å². The first kappa shape index (κ1) is 27.4. The third-order valence-electron chi connectivity index (χ3n) is 6.24. The van der Waals surface area contributed by atoms with Crippen LogP contribution in [0.15, 0.2) is 54.9 Å². The average molecular weight is 560 g/mol. The molecular weight excluding hydrogens is 532 g/mol. The lowest BCUT2D eigenvalue weighted by Crippen LogP contribution is -2.09. The summed E-state index contributed by atoms with van der Waals surface area (Å²) in [4.78, 5) is 24.9. The summed E-state index contributed by atoms with van der Waals surface area (Å²) in [5.41, 5.74) is 2.37. The van der Waals surface area contributed by atoms with Gasteiger partial charge in [0.05, 0.1) is 32.0 Å². The van der Waals surface area contributed by atoms with Crippen LogP contribution in [0.2, 0.25) is 0 Å². The van der Waals surface area contributed by atoms with E-state index in [0.29, 0.717) is 46.3 Å². The molecule has 1 amide bonds. The number of nitrogens with one attached hydrogen (secondary N) is 2. The molecular formula is C29H27F2N7O3. The second kappa shape index (κ2) is 11.5. The molecule has 210 valence electrons. The molecule has 0 aliphatic carbocycles. The quantitative estimate of drug-likeness (QED) is 0.239. The van der Waals surface area contributed by atoms with Gasteiger partial charge in [-0.1, -0.05) is 18.2 Å². The average Bonchev–Trinajstić information content (AvgIpc) is 3.31. The molecule has 0 bridgehead atoms. The highest BCUT2D eigenvalue weighted by Gasteiger charge is 2.20. The summed E-state index contributed by atoms with van der Waals surface area (Å²) in [5, 5.41) is 11.2. The van der Waals surface area contributed by atoms with Crippen molar-refractivity contribution >= 4 is 34.1 Å². The fraction of sp³-hybridized carbons (Fsp3) is 0.207. The maximum atomic E-state index is 14.9. The number of halogens is 2. The van der Waals surface area contributed by atoms with Gasteiger partial charge in [0.15, 0.2) is 17.4 Å². The zero-order valence-electron chi connectivity index (χ0n) is 22.8. The maximum absolute atomic E-state index is 14.9. The van der Waals surface area contributed by atoms with Crippen LogP contribution in [0, 0.1) is 18.6 Å². The SMILES string of the molecule is CCOc1cc(F)c(Cn2nc(-c3ncc(OC)c(Nc4cc(NC(C)=O)ncc4C)n3)c3ccccc32)c(F)c1. The summed E-state index contributed by atoms with van der Waals surface area (Å²) >= 11 is 0. The number of methoxy groups -OCH3 is 1. The van der Waals surface area contributed by atoms with Gasteiger partial charge in [-0.2, -0.15) is 5.10 Å². The minimum absolute atomic E-state index is 0.123. The highest BCUT2D eigenvalue weighted by molar-refractivity contribution is 5.92. The summed E-state index contributed by atoms with van der Waals surface area (Å²) in [6, 6.07) is 11.3. The van der Waals surface area contributed by atoms with Gasteiger partial charge in [-0.15, -0.1) is 0 Å². The van der Waals surface area contributed by atoms with Crippen molar-refractivity contribution in [1.29, 1.82) is 0 Å². The molecule has 5 aromatic rings. The number of aryl methyl sites for hydroxylation is 1. The molecule has 0 spiro atoms. The van der Waals surface area contributed by atoms with E-state index in [1.165, 1.54) is 24.9 Å². The number of hydrogen-bond donors (Lipinski definition) is 2. The Morgan fingerprint density at radius 2 is 1.83 bits per heavy atom. The number of anilines is 3. The van der Waals surface area contributed by atoms with Gasteiger partial charge in [-0.3, -0.25) is 9.48 Å². The molecule has 3 heterocycles. The molecule has 0 aliphatic rings. The minimum Gasteiger partial charge on any atom is -0.494 e. The van der Waals surface area contributed by atoms with Gasteiger partial charge in [-0.25, -0.2) is 23.7 Å². The van der Waals surface area contributed by atoms with Crippen LogP contribution in [0.4, 0.5) is 26.1 Å². The first-order valence-electron chi connectivity index (χ1n) is 12.8. The Morgan fingerprint density at radius 3 is 2.54 bits per heavy atom. The summed E-state index contributed by atoms with van der Waals surface area (Å²) in [5.74, 6) is -0.224. The second-order valence-electron chi connectivity index (χ2n) is 9.12. The van der Waals surface area contributed by atoms with Crippen LogP contribution in [0.1, 0.15) is 25.0 Å². The standard InChI is InChI=1S/C29H27F2N7O3/c1-5-41-18-10-21(30)20(22(31)11-18)15-38-24-9-7-6-8-19(24)27(37-38)29-33-14-25(40-4)28(36-29)35-23-12-26(34-17(3)39)32-13-16(23)2/h6-14H,5,15H2,1-4H3,(H2,32,33,34,35,36,39). The topological polar surface area (TPSA) is 116 Å². The first-order chi connectivity index (χ1) is 19.8. The van der Waals surface area contributed by atoms with E-state index in [2.05, 4.69) is 30.7 Å². The molecule has 0 unspecified atom stereocenters. The van der Waals surface area contributed by atoms with Crippen LogP contribution in [0.5, 0.6) is 11.5 Å². The molecule has 0 atom stereocenters. The molecule has 10 nitrogen and oxygen atoms in total. The minimum atomic E-state index is -0.729. The van der Waals surface area contributed by atoms with Gasteiger partial charge in [0.25, 0.3) is 0 Å². The van der Waals surface area contributed by atoms with E-state index in [-0.39, 0.29) is 29.6 Å². The lowest BCUT2D eigenvalue weighted by molar-refractivity contribution is -0.114. The lowest BCUT2D eigenvalue weighted by atomic mass is 10.1. The van der Waals surface area contributed by atoms with E-state index in [9.17, 15) is 13.6 Å². The van der Waals surface area contributed by atoms with Crippen molar-refractivity contribution in [2.75, 3.05) is 24.4 Å². The Morgan fingerprint density at radius 1 is 1.07 bits per heavy atom. The van der Waals surface area contributed by atoms with Crippen LogP contribution >= 0.6 is 0 Å². The number of benzene rings is 2. The van der Waals surface area contributed by atoms with Gasteiger partial charge >= 0.3 is 0 Å². The smallest absolute Gasteiger partial charge is 0.222 e. The zero-order chi connectivity index (χ0) is 29.1. The van der Waals surface area contributed by atoms with Crippen molar-refractivity contribution in [2.45, 2.75) is 27.3 Å². The number of hydrogen-bond acceptors (Lipinski definition) is 8. The van der Waals surface area contributed by atoms with Gasteiger partial charge in [0, 0.05) is 48.0 Å². The van der Waals surface area contributed by atoms with Crippen molar-refractivity contribution in [3.05, 3.63) is 77.6 Å². The van der Waals surface area contributed by atoms with Gasteiger partial charge in [0.2, 0.25) is 5.91 Å². The molecule has 0 saturated carbocycles. The van der Waals surface area contributed by atoms with Crippen molar-refractivity contribution in [1.82, 2.24) is 24.7 Å². The number of ether oxygens (including phenoxy) is 2. The Balaban J connectivity index is 1.55. The largest absolute Gasteiger partial charge is 0.494 e. The molecule has 41 heavy (non-hydrogen) atoms. The second-order valence-corrected chi connectivity index (χ2v) is 9.12. The van der Waals surface area contributed by atoms with Crippen LogP contribution in [-0.4, -0.2) is 44.4 Å². The summed E-state index contributed by atoms with van der Waals surface area (Å²) < 4.78 is 42.0. The fourth-order valence-electron chi connectivity index (χ4n) is 4.30. The molecule has 0 radical (unpaired) electrons. The molecule has 2 N–H and O–H groups in total. The Kier molecular flexibility index (Phi) is 7.72. The Bertz CT molecular complexity index is 1730. The van der Waals surface area contributed by atoms with Gasteiger partial charge in [-0.05, 0) is 25.5 Å². The van der Waals surface area contributed by atoms with Crippen molar-refractivity contribution < 1.29 is 23.0 Å². The van der Waals surface area contributed by atoms with E-state index >= 15 is 0 Å². The Labute approximate surface area is 234 Å². The molecule has 2 aromatic carbocycles. The summed E-state index contributed by atoms with van der Waals surface area (Å²) in [6.45, 7) is 5.13. The third-order valence-corrected chi connectivity index (χ3v) is 6.24. The lowest BCUT2D eigenvalue weighted by Gasteiger charge is -2.13. The number of pyridine rings is 1. The highest BCUT2D eigenvalue weighted by atomic mass is 19.1. The van der Waals surface area contributed by atoms with E-state index in [1.54, 1.807) is 19.2 Å².